The summed E-state index contributed by atoms with van der Waals surface area (Å²) in [5, 5.41) is 0. The van der Waals surface area contributed by atoms with Gasteiger partial charge in [-0.2, -0.15) is 0 Å². The standard InChI is InChI=1S/C14H18FNO2/c1-16(2)8-9-4-5-10-12(18-3)7-6-11(15)13(10)14(9)17/h6-7,9H,4-5,8H2,1-3H3. The van der Waals surface area contributed by atoms with Gasteiger partial charge in [-0.15, -0.1) is 0 Å². The van der Waals surface area contributed by atoms with Crippen molar-refractivity contribution in [3.8, 4) is 5.75 Å². The Morgan fingerprint density at radius 2 is 2.17 bits per heavy atom. The van der Waals surface area contributed by atoms with E-state index in [4.69, 9.17) is 4.74 Å². The van der Waals surface area contributed by atoms with Crippen molar-refractivity contribution in [1.29, 1.82) is 0 Å². The van der Waals surface area contributed by atoms with Crippen molar-refractivity contribution in [1.82, 2.24) is 4.90 Å². The number of ether oxygens (including phenoxy) is 1. The molecule has 2 rings (SSSR count). The Morgan fingerprint density at radius 3 is 2.78 bits per heavy atom. The van der Waals surface area contributed by atoms with Crippen molar-refractivity contribution in [2.24, 2.45) is 5.92 Å². The van der Waals surface area contributed by atoms with Gasteiger partial charge in [0.2, 0.25) is 0 Å². The Balaban J connectivity index is 2.40. The van der Waals surface area contributed by atoms with Crippen LogP contribution in [0.15, 0.2) is 12.1 Å². The second-order valence-electron chi connectivity index (χ2n) is 4.97. The first kappa shape index (κ1) is 13.0. The lowest BCUT2D eigenvalue weighted by molar-refractivity contribution is 0.0871. The second-order valence-corrected chi connectivity index (χ2v) is 4.97. The molecule has 0 radical (unpaired) electrons. The van der Waals surface area contributed by atoms with E-state index in [1.54, 1.807) is 13.2 Å². The van der Waals surface area contributed by atoms with Crippen LogP contribution < -0.4 is 4.74 Å². The number of fused-ring (bicyclic) bond motifs is 1. The number of carbonyl (C=O) groups is 1. The quantitative estimate of drug-likeness (QED) is 0.824. The smallest absolute Gasteiger partial charge is 0.170 e. The Kier molecular flexibility index (Phi) is 3.66. The summed E-state index contributed by atoms with van der Waals surface area (Å²) in [7, 11) is 5.39. The van der Waals surface area contributed by atoms with E-state index in [1.807, 2.05) is 19.0 Å². The van der Waals surface area contributed by atoms with Gasteiger partial charge in [0.1, 0.15) is 11.6 Å². The third kappa shape index (κ3) is 2.25. The normalized spacial score (nSPS) is 18.9. The fraction of sp³-hybridized carbons (Fsp3) is 0.500. The van der Waals surface area contributed by atoms with E-state index in [0.29, 0.717) is 18.7 Å². The van der Waals surface area contributed by atoms with Gasteiger partial charge < -0.3 is 9.64 Å². The first-order valence-electron chi connectivity index (χ1n) is 6.09. The van der Waals surface area contributed by atoms with Gasteiger partial charge in [-0.05, 0) is 39.1 Å². The highest BCUT2D eigenvalue weighted by atomic mass is 19.1. The van der Waals surface area contributed by atoms with Crippen LogP contribution in [0.4, 0.5) is 4.39 Å². The lowest BCUT2D eigenvalue weighted by atomic mass is 9.81. The highest BCUT2D eigenvalue weighted by Gasteiger charge is 2.32. The average molecular weight is 251 g/mol. The fourth-order valence-electron chi connectivity index (χ4n) is 2.57. The molecule has 0 heterocycles. The number of halogens is 1. The van der Waals surface area contributed by atoms with Crippen LogP contribution >= 0.6 is 0 Å². The van der Waals surface area contributed by atoms with Gasteiger partial charge in [0, 0.05) is 18.0 Å². The van der Waals surface area contributed by atoms with E-state index in [0.717, 1.165) is 12.0 Å². The average Bonchev–Trinajstić information content (AvgIpc) is 2.32. The maximum atomic E-state index is 13.9. The van der Waals surface area contributed by atoms with Crippen molar-refractivity contribution in [2.75, 3.05) is 27.7 Å². The Bertz CT molecular complexity index is 471. The molecular formula is C14H18FNO2. The van der Waals surface area contributed by atoms with Gasteiger partial charge in [0.15, 0.2) is 5.78 Å². The van der Waals surface area contributed by atoms with E-state index >= 15 is 0 Å². The van der Waals surface area contributed by atoms with Crippen LogP contribution in [0.25, 0.3) is 0 Å². The number of ketones is 1. The molecule has 1 unspecified atom stereocenters. The summed E-state index contributed by atoms with van der Waals surface area (Å²) in [4.78, 5) is 14.3. The molecule has 18 heavy (non-hydrogen) atoms. The summed E-state index contributed by atoms with van der Waals surface area (Å²) in [5.74, 6) is -0.0298. The molecule has 1 atom stereocenters. The summed E-state index contributed by atoms with van der Waals surface area (Å²) in [6.07, 6.45) is 1.45. The number of methoxy groups -OCH3 is 1. The first-order chi connectivity index (χ1) is 8.54. The van der Waals surface area contributed by atoms with Crippen LogP contribution in [0.3, 0.4) is 0 Å². The SMILES string of the molecule is COc1ccc(F)c2c1CCC(CN(C)C)C2=O. The fourth-order valence-corrected chi connectivity index (χ4v) is 2.57. The number of benzene rings is 1. The number of Topliss-reactive ketones (excluding diaryl/α,β-unsaturated/α-hetero) is 1. The second kappa shape index (κ2) is 5.06. The van der Waals surface area contributed by atoms with Gasteiger partial charge >= 0.3 is 0 Å². The highest BCUT2D eigenvalue weighted by Crippen LogP contribution is 2.33. The van der Waals surface area contributed by atoms with E-state index in [9.17, 15) is 9.18 Å². The minimum absolute atomic E-state index is 0.0960. The van der Waals surface area contributed by atoms with Crippen LogP contribution in [0.1, 0.15) is 22.3 Å². The summed E-state index contributed by atoms with van der Waals surface area (Å²) < 4.78 is 19.1. The summed E-state index contributed by atoms with van der Waals surface area (Å²) in [5.41, 5.74) is 0.949. The predicted octanol–water partition coefficient (Wildman–Crippen LogP) is 2.14. The van der Waals surface area contributed by atoms with Crippen LogP contribution in [0, 0.1) is 11.7 Å². The molecular weight excluding hydrogens is 233 g/mol. The minimum atomic E-state index is -0.431. The van der Waals surface area contributed by atoms with Gasteiger partial charge in [-0.25, -0.2) is 4.39 Å². The van der Waals surface area contributed by atoms with Crippen molar-refractivity contribution < 1.29 is 13.9 Å². The van der Waals surface area contributed by atoms with Gasteiger partial charge in [-0.1, -0.05) is 0 Å². The zero-order valence-corrected chi connectivity index (χ0v) is 11.0. The molecule has 0 bridgehead atoms. The Labute approximate surface area is 107 Å². The highest BCUT2D eigenvalue weighted by molar-refractivity contribution is 6.01. The molecule has 0 aliphatic heterocycles. The van der Waals surface area contributed by atoms with Crippen LogP contribution in [-0.4, -0.2) is 38.4 Å². The first-order valence-corrected chi connectivity index (χ1v) is 6.09. The number of carbonyl (C=O) groups excluding carboxylic acids is 1. The predicted molar refractivity (Wildman–Crippen MR) is 67.6 cm³/mol. The van der Waals surface area contributed by atoms with Crippen LogP contribution in [0.2, 0.25) is 0 Å². The molecule has 0 spiro atoms. The number of hydrogen-bond donors (Lipinski definition) is 0. The van der Waals surface area contributed by atoms with E-state index < -0.39 is 5.82 Å². The molecule has 1 aliphatic rings. The third-order valence-electron chi connectivity index (χ3n) is 3.38. The van der Waals surface area contributed by atoms with Gasteiger partial charge in [-0.3, -0.25) is 4.79 Å². The summed E-state index contributed by atoms with van der Waals surface area (Å²) in [6.45, 7) is 0.662. The van der Waals surface area contributed by atoms with Crippen molar-refractivity contribution in [2.45, 2.75) is 12.8 Å². The molecule has 0 amide bonds. The van der Waals surface area contributed by atoms with Crippen molar-refractivity contribution in [3.05, 3.63) is 29.1 Å². The monoisotopic (exact) mass is 251 g/mol. The molecule has 1 aliphatic carbocycles. The van der Waals surface area contributed by atoms with Gasteiger partial charge in [0.05, 0.1) is 12.7 Å². The molecule has 0 saturated carbocycles. The molecule has 0 saturated heterocycles. The lowest BCUT2D eigenvalue weighted by Crippen LogP contribution is -2.32. The van der Waals surface area contributed by atoms with E-state index in [-0.39, 0.29) is 17.3 Å². The third-order valence-corrected chi connectivity index (χ3v) is 3.38. The number of rotatable bonds is 3. The lowest BCUT2D eigenvalue weighted by Gasteiger charge is -2.27. The zero-order chi connectivity index (χ0) is 13.3. The maximum Gasteiger partial charge on any atom is 0.170 e. The van der Waals surface area contributed by atoms with Crippen molar-refractivity contribution >= 4 is 5.78 Å². The van der Waals surface area contributed by atoms with Crippen molar-refractivity contribution in [3.63, 3.8) is 0 Å². The summed E-state index contributed by atoms with van der Waals surface area (Å²) >= 11 is 0. The number of nitrogens with zero attached hydrogens (tertiary/aromatic N) is 1. The van der Waals surface area contributed by atoms with Crippen LogP contribution in [0.5, 0.6) is 5.75 Å². The topological polar surface area (TPSA) is 29.5 Å². The minimum Gasteiger partial charge on any atom is -0.496 e. The molecule has 0 N–H and O–H groups in total. The maximum absolute atomic E-state index is 13.9. The largest absolute Gasteiger partial charge is 0.496 e. The molecule has 1 aromatic rings. The zero-order valence-electron chi connectivity index (χ0n) is 11.0. The molecule has 0 aromatic heterocycles. The molecule has 0 fully saturated rings. The Morgan fingerprint density at radius 1 is 1.44 bits per heavy atom. The van der Waals surface area contributed by atoms with Crippen LogP contribution in [-0.2, 0) is 6.42 Å². The molecule has 4 heteroatoms. The van der Waals surface area contributed by atoms with E-state index in [1.165, 1.54) is 6.07 Å². The Hall–Kier alpha value is -1.42. The van der Waals surface area contributed by atoms with Gasteiger partial charge in [0.25, 0.3) is 0 Å². The summed E-state index contributed by atoms with van der Waals surface area (Å²) in [6, 6.07) is 2.90. The molecule has 98 valence electrons. The van der Waals surface area contributed by atoms with E-state index in [2.05, 4.69) is 0 Å². The molecule has 3 nitrogen and oxygen atoms in total. The molecule has 1 aromatic carbocycles. The number of hydrogen-bond acceptors (Lipinski definition) is 3.